The molecule has 1 aliphatic heterocycles. The number of fused-ring (bicyclic) bond motifs is 2. The molecule has 1 atom stereocenters. The molecule has 6 rings (SSSR count). The highest BCUT2D eigenvalue weighted by molar-refractivity contribution is 6.13. The fraction of sp³-hybridized carbons (Fsp3) is 0.107. The lowest BCUT2D eigenvalue weighted by Gasteiger charge is -2.21. The first-order valence-electron chi connectivity index (χ1n) is 11.4. The van der Waals surface area contributed by atoms with Gasteiger partial charge in [0, 0.05) is 47.8 Å². The lowest BCUT2D eigenvalue weighted by atomic mass is 9.91. The number of pyridine rings is 1. The predicted octanol–water partition coefficient (Wildman–Crippen LogP) is 4.84. The highest BCUT2D eigenvalue weighted by Gasteiger charge is 2.35. The van der Waals surface area contributed by atoms with E-state index < -0.39 is 6.04 Å². The fourth-order valence-corrected chi connectivity index (χ4v) is 4.90. The van der Waals surface area contributed by atoms with E-state index in [0.29, 0.717) is 17.7 Å². The number of carbonyl (C=O) groups is 1. The maximum atomic E-state index is 13.5. The smallest absolute Gasteiger partial charge is 0.258 e. The van der Waals surface area contributed by atoms with Crippen LogP contribution in [0.1, 0.15) is 30.5 Å². The van der Waals surface area contributed by atoms with Crippen LogP contribution in [0.4, 0.5) is 0 Å². The Morgan fingerprint density at radius 3 is 2.51 bits per heavy atom. The van der Waals surface area contributed by atoms with Crippen LogP contribution in [-0.2, 0) is 4.79 Å². The number of carbonyl (C=O) groups excluding carboxylic acids is 1. The molecule has 2 aromatic heterocycles. The molecule has 0 saturated carbocycles. The second-order valence-electron chi connectivity index (χ2n) is 8.52. The largest absolute Gasteiger partial charge is 0.321 e. The standard InChI is InChI=1S/C28H21N5O2/c1-17(34)33-24(20-11-7-13-22-27(20)30-15-14-29-22)16-23(32-33)26-25(18-8-3-2-4-9-18)19-10-5-6-12-21(19)31-28(26)35/h2-15,24H,16H2,1H3,(H,31,35)/t24-/m1/s1. The number of hydrogen-bond donors (Lipinski definition) is 1. The van der Waals surface area contributed by atoms with Crippen molar-refractivity contribution in [2.24, 2.45) is 5.10 Å². The van der Waals surface area contributed by atoms with Crippen molar-refractivity contribution >= 4 is 33.6 Å². The van der Waals surface area contributed by atoms with Crippen LogP contribution in [0.5, 0.6) is 0 Å². The number of aromatic amines is 1. The molecule has 3 aromatic carbocycles. The molecule has 0 unspecified atom stereocenters. The molecule has 0 fully saturated rings. The molecule has 0 bridgehead atoms. The van der Waals surface area contributed by atoms with E-state index in [1.54, 1.807) is 12.4 Å². The molecule has 170 valence electrons. The molecule has 1 aliphatic rings. The zero-order chi connectivity index (χ0) is 23.9. The van der Waals surface area contributed by atoms with Gasteiger partial charge in [-0.15, -0.1) is 0 Å². The summed E-state index contributed by atoms with van der Waals surface area (Å²) < 4.78 is 0. The summed E-state index contributed by atoms with van der Waals surface area (Å²) in [6, 6.07) is 22.9. The lowest BCUT2D eigenvalue weighted by molar-refractivity contribution is -0.130. The Labute approximate surface area is 200 Å². The Hall–Kier alpha value is -4.65. The number of hydrazone groups is 1. The number of H-pyrrole nitrogens is 1. The average Bonchev–Trinajstić information content (AvgIpc) is 3.33. The van der Waals surface area contributed by atoms with Crippen molar-refractivity contribution in [1.29, 1.82) is 0 Å². The van der Waals surface area contributed by atoms with E-state index in [-0.39, 0.29) is 11.5 Å². The van der Waals surface area contributed by atoms with Gasteiger partial charge < -0.3 is 4.98 Å². The second-order valence-corrected chi connectivity index (χ2v) is 8.52. The van der Waals surface area contributed by atoms with E-state index in [1.165, 1.54) is 11.9 Å². The Morgan fingerprint density at radius 1 is 0.914 bits per heavy atom. The topological polar surface area (TPSA) is 91.3 Å². The van der Waals surface area contributed by atoms with E-state index in [1.807, 2.05) is 72.8 Å². The van der Waals surface area contributed by atoms with E-state index in [2.05, 4.69) is 15.0 Å². The zero-order valence-corrected chi connectivity index (χ0v) is 19.0. The first kappa shape index (κ1) is 20.9. The molecule has 1 amide bonds. The van der Waals surface area contributed by atoms with Crippen molar-refractivity contribution in [2.45, 2.75) is 19.4 Å². The van der Waals surface area contributed by atoms with Gasteiger partial charge in [-0.25, -0.2) is 5.01 Å². The van der Waals surface area contributed by atoms with Crippen molar-refractivity contribution in [3.8, 4) is 11.1 Å². The monoisotopic (exact) mass is 459 g/mol. The van der Waals surface area contributed by atoms with E-state index in [9.17, 15) is 9.59 Å². The Bertz CT molecular complexity index is 1690. The van der Waals surface area contributed by atoms with Crippen LogP contribution in [-0.4, -0.2) is 31.6 Å². The normalized spacial score (nSPS) is 15.5. The second kappa shape index (κ2) is 8.29. The van der Waals surface area contributed by atoms with Crippen LogP contribution in [0, 0.1) is 0 Å². The summed E-state index contributed by atoms with van der Waals surface area (Å²) in [4.78, 5) is 38.1. The average molecular weight is 460 g/mol. The number of para-hydroxylation sites is 2. The van der Waals surface area contributed by atoms with Gasteiger partial charge in [-0.1, -0.05) is 60.7 Å². The van der Waals surface area contributed by atoms with Crippen LogP contribution in [0.25, 0.3) is 33.1 Å². The molecule has 35 heavy (non-hydrogen) atoms. The number of hydrogen-bond acceptors (Lipinski definition) is 5. The maximum absolute atomic E-state index is 13.5. The number of amides is 1. The predicted molar refractivity (Wildman–Crippen MR) is 136 cm³/mol. The Balaban J connectivity index is 1.57. The number of benzene rings is 3. The third-order valence-corrected chi connectivity index (χ3v) is 6.39. The number of nitrogens with one attached hydrogen (secondary N) is 1. The minimum atomic E-state index is -0.391. The van der Waals surface area contributed by atoms with Crippen LogP contribution < -0.4 is 5.56 Å². The summed E-state index contributed by atoms with van der Waals surface area (Å²) in [6.45, 7) is 1.49. The first-order chi connectivity index (χ1) is 17.1. The molecule has 3 heterocycles. The number of rotatable bonds is 3. The Kier molecular flexibility index (Phi) is 4.95. The van der Waals surface area contributed by atoms with Gasteiger partial charge >= 0.3 is 0 Å². The molecular formula is C28H21N5O2. The van der Waals surface area contributed by atoms with Gasteiger partial charge in [-0.2, -0.15) is 5.10 Å². The zero-order valence-electron chi connectivity index (χ0n) is 19.0. The van der Waals surface area contributed by atoms with E-state index in [4.69, 9.17) is 5.10 Å². The van der Waals surface area contributed by atoms with Crippen LogP contribution in [0.2, 0.25) is 0 Å². The van der Waals surface area contributed by atoms with Gasteiger partial charge in [0.05, 0.1) is 28.4 Å². The van der Waals surface area contributed by atoms with Crippen molar-refractivity contribution in [3.05, 3.63) is 107 Å². The number of aromatic nitrogens is 3. The molecule has 7 heteroatoms. The molecular weight excluding hydrogens is 438 g/mol. The third kappa shape index (κ3) is 3.49. The first-order valence-corrected chi connectivity index (χ1v) is 11.4. The third-order valence-electron chi connectivity index (χ3n) is 6.39. The lowest BCUT2D eigenvalue weighted by Crippen LogP contribution is -2.24. The highest BCUT2D eigenvalue weighted by Crippen LogP contribution is 2.38. The summed E-state index contributed by atoms with van der Waals surface area (Å²) in [5.74, 6) is -0.204. The molecule has 0 saturated heterocycles. The summed E-state index contributed by atoms with van der Waals surface area (Å²) in [5, 5.41) is 7.09. The van der Waals surface area contributed by atoms with Crippen molar-refractivity contribution in [2.75, 3.05) is 0 Å². The van der Waals surface area contributed by atoms with Crippen LogP contribution >= 0.6 is 0 Å². The molecule has 7 nitrogen and oxygen atoms in total. The molecule has 1 N–H and O–H groups in total. The summed E-state index contributed by atoms with van der Waals surface area (Å²) in [6.07, 6.45) is 3.67. The minimum absolute atomic E-state index is 0.204. The van der Waals surface area contributed by atoms with Gasteiger partial charge in [0.1, 0.15) is 0 Å². The van der Waals surface area contributed by atoms with Crippen molar-refractivity contribution in [3.63, 3.8) is 0 Å². The van der Waals surface area contributed by atoms with Crippen LogP contribution in [0.15, 0.2) is 95.1 Å². The molecule has 5 aromatic rings. The van der Waals surface area contributed by atoms with E-state index >= 15 is 0 Å². The van der Waals surface area contributed by atoms with Crippen molar-refractivity contribution in [1.82, 2.24) is 20.0 Å². The Morgan fingerprint density at radius 2 is 1.69 bits per heavy atom. The minimum Gasteiger partial charge on any atom is -0.321 e. The van der Waals surface area contributed by atoms with Gasteiger partial charge in [0.25, 0.3) is 5.56 Å². The summed E-state index contributed by atoms with van der Waals surface area (Å²) >= 11 is 0. The van der Waals surface area contributed by atoms with Gasteiger partial charge in [-0.3, -0.25) is 19.6 Å². The molecule has 0 spiro atoms. The van der Waals surface area contributed by atoms with E-state index in [0.717, 1.165) is 38.6 Å². The van der Waals surface area contributed by atoms with Crippen molar-refractivity contribution < 1.29 is 4.79 Å². The highest BCUT2D eigenvalue weighted by atomic mass is 16.2. The summed E-state index contributed by atoms with van der Waals surface area (Å²) in [5.41, 5.74) is 5.61. The van der Waals surface area contributed by atoms with Gasteiger partial charge in [0.2, 0.25) is 5.91 Å². The quantitative estimate of drug-likeness (QED) is 0.418. The van der Waals surface area contributed by atoms with Crippen LogP contribution in [0.3, 0.4) is 0 Å². The fourth-order valence-electron chi connectivity index (χ4n) is 4.90. The van der Waals surface area contributed by atoms with Gasteiger partial charge in [0.15, 0.2) is 0 Å². The molecule has 0 aliphatic carbocycles. The molecule has 0 radical (unpaired) electrons. The van der Waals surface area contributed by atoms with Gasteiger partial charge in [-0.05, 0) is 17.7 Å². The number of nitrogens with zero attached hydrogens (tertiary/aromatic N) is 4. The SMILES string of the molecule is CC(=O)N1N=C(c2c(-c3ccccc3)c3ccccc3[nH]c2=O)C[C@@H]1c1cccc2nccnc12. The summed E-state index contributed by atoms with van der Waals surface area (Å²) in [7, 11) is 0. The maximum Gasteiger partial charge on any atom is 0.258 e.